The SMILES string of the molecule is Cc1cnc(CN2C(=O)C[C@H](Cc3ccccc3)C2=O)o1. The van der Waals surface area contributed by atoms with Gasteiger partial charge in [0.15, 0.2) is 0 Å². The highest BCUT2D eigenvalue weighted by Gasteiger charge is 2.38. The number of aryl methyl sites for hydroxylation is 1. The van der Waals surface area contributed by atoms with Crippen LogP contribution in [0.3, 0.4) is 0 Å². The Balaban J connectivity index is 1.70. The summed E-state index contributed by atoms with van der Waals surface area (Å²) in [5, 5.41) is 0. The van der Waals surface area contributed by atoms with E-state index in [2.05, 4.69) is 4.98 Å². The second kappa shape index (κ2) is 5.52. The molecule has 1 saturated heterocycles. The maximum absolute atomic E-state index is 12.4. The Hall–Kier alpha value is -2.43. The largest absolute Gasteiger partial charge is 0.444 e. The summed E-state index contributed by atoms with van der Waals surface area (Å²) in [6, 6.07) is 9.74. The molecule has 0 aliphatic carbocycles. The highest BCUT2D eigenvalue weighted by Crippen LogP contribution is 2.25. The quantitative estimate of drug-likeness (QED) is 0.807. The molecule has 21 heavy (non-hydrogen) atoms. The Morgan fingerprint density at radius 3 is 2.71 bits per heavy atom. The molecule has 0 N–H and O–H groups in total. The Morgan fingerprint density at radius 1 is 1.29 bits per heavy atom. The molecule has 1 atom stereocenters. The monoisotopic (exact) mass is 284 g/mol. The van der Waals surface area contributed by atoms with Crippen molar-refractivity contribution in [2.45, 2.75) is 26.3 Å². The highest BCUT2D eigenvalue weighted by molar-refractivity contribution is 6.03. The molecule has 1 fully saturated rings. The van der Waals surface area contributed by atoms with Gasteiger partial charge >= 0.3 is 0 Å². The fourth-order valence-corrected chi connectivity index (χ4v) is 2.59. The molecule has 0 spiro atoms. The molecular formula is C16H16N2O3. The molecule has 5 heteroatoms. The Kier molecular flexibility index (Phi) is 3.56. The third kappa shape index (κ3) is 2.86. The lowest BCUT2D eigenvalue weighted by Gasteiger charge is -2.12. The lowest BCUT2D eigenvalue weighted by molar-refractivity contribution is -0.140. The molecule has 2 heterocycles. The predicted molar refractivity (Wildman–Crippen MR) is 75.1 cm³/mol. The van der Waals surface area contributed by atoms with Gasteiger partial charge in [0.25, 0.3) is 0 Å². The van der Waals surface area contributed by atoms with Crippen LogP contribution in [0.25, 0.3) is 0 Å². The summed E-state index contributed by atoms with van der Waals surface area (Å²) >= 11 is 0. The summed E-state index contributed by atoms with van der Waals surface area (Å²) in [6.07, 6.45) is 2.43. The van der Waals surface area contributed by atoms with Gasteiger partial charge in [0.1, 0.15) is 12.3 Å². The topological polar surface area (TPSA) is 63.4 Å². The standard InChI is InChI=1S/C16H16N2O3/c1-11-9-17-14(21-11)10-18-15(19)8-13(16(18)20)7-12-5-3-2-4-6-12/h2-6,9,13H,7-8,10H2,1H3/t13-/m0/s1. The molecule has 5 nitrogen and oxygen atoms in total. The van der Waals surface area contributed by atoms with Gasteiger partial charge in [-0.3, -0.25) is 14.5 Å². The van der Waals surface area contributed by atoms with Gasteiger partial charge in [-0.25, -0.2) is 4.98 Å². The van der Waals surface area contributed by atoms with Crippen molar-refractivity contribution >= 4 is 11.8 Å². The van der Waals surface area contributed by atoms with Crippen molar-refractivity contribution in [3.8, 4) is 0 Å². The highest BCUT2D eigenvalue weighted by atomic mass is 16.4. The summed E-state index contributed by atoms with van der Waals surface area (Å²) in [4.78, 5) is 29.7. The van der Waals surface area contributed by atoms with Crippen molar-refractivity contribution in [3.05, 3.63) is 53.7 Å². The fraction of sp³-hybridized carbons (Fsp3) is 0.312. The third-order valence-electron chi connectivity index (χ3n) is 3.62. The third-order valence-corrected chi connectivity index (χ3v) is 3.62. The number of nitrogens with zero attached hydrogens (tertiary/aromatic N) is 2. The lowest BCUT2D eigenvalue weighted by atomic mass is 9.98. The number of imide groups is 1. The average molecular weight is 284 g/mol. The van der Waals surface area contributed by atoms with E-state index in [1.807, 2.05) is 30.3 Å². The second-order valence-corrected chi connectivity index (χ2v) is 5.27. The first-order valence-electron chi connectivity index (χ1n) is 6.93. The minimum absolute atomic E-state index is 0.122. The first-order valence-corrected chi connectivity index (χ1v) is 6.93. The summed E-state index contributed by atoms with van der Waals surface area (Å²) in [7, 11) is 0. The van der Waals surface area contributed by atoms with E-state index in [-0.39, 0.29) is 30.7 Å². The second-order valence-electron chi connectivity index (χ2n) is 5.27. The predicted octanol–water partition coefficient (Wildman–Crippen LogP) is 2.10. The van der Waals surface area contributed by atoms with Crippen molar-refractivity contribution in [2.24, 2.45) is 5.92 Å². The molecule has 2 aromatic rings. The number of amides is 2. The average Bonchev–Trinajstić information content (AvgIpc) is 2.99. The van der Waals surface area contributed by atoms with E-state index in [0.717, 1.165) is 5.56 Å². The van der Waals surface area contributed by atoms with Crippen LogP contribution < -0.4 is 0 Å². The number of hydrogen-bond donors (Lipinski definition) is 0. The van der Waals surface area contributed by atoms with Crippen LogP contribution in [0.15, 0.2) is 40.9 Å². The smallest absolute Gasteiger partial charge is 0.233 e. The molecule has 0 radical (unpaired) electrons. The van der Waals surface area contributed by atoms with Crippen LogP contribution in [0.2, 0.25) is 0 Å². The van der Waals surface area contributed by atoms with Gasteiger partial charge in [-0.05, 0) is 18.9 Å². The Labute approximate surface area is 122 Å². The molecule has 3 rings (SSSR count). The van der Waals surface area contributed by atoms with E-state index >= 15 is 0 Å². The van der Waals surface area contributed by atoms with Crippen molar-refractivity contribution in [2.75, 3.05) is 0 Å². The number of likely N-dealkylation sites (tertiary alicyclic amines) is 1. The number of benzene rings is 1. The van der Waals surface area contributed by atoms with Crippen LogP contribution >= 0.6 is 0 Å². The normalized spacial score (nSPS) is 18.5. The van der Waals surface area contributed by atoms with Gasteiger partial charge in [-0.15, -0.1) is 0 Å². The summed E-state index contributed by atoms with van der Waals surface area (Å²) in [5.74, 6) is 0.493. The van der Waals surface area contributed by atoms with E-state index in [1.165, 1.54) is 4.90 Å². The first-order chi connectivity index (χ1) is 10.1. The van der Waals surface area contributed by atoms with Crippen LogP contribution in [-0.4, -0.2) is 21.7 Å². The van der Waals surface area contributed by atoms with Gasteiger partial charge in [-0.1, -0.05) is 30.3 Å². The zero-order valence-electron chi connectivity index (χ0n) is 11.8. The van der Waals surface area contributed by atoms with Crippen molar-refractivity contribution in [1.82, 2.24) is 9.88 Å². The van der Waals surface area contributed by atoms with Gasteiger partial charge in [0.2, 0.25) is 17.7 Å². The number of aromatic nitrogens is 1. The van der Waals surface area contributed by atoms with E-state index in [4.69, 9.17) is 4.42 Å². The summed E-state index contributed by atoms with van der Waals surface area (Å²) < 4.78 is 5.34. The molecular weight excluding hydrogens is 268 g/mol. The molecule has 1 aromatic carbocycles. The van der Waals surface area contributed by atoms with Crippen molar-refractivity contribution < 1.29 is 14.0 Å². The zero-order chi connectivity index (χ0) is 14.8. The van der Waals surface area contributed by atoms with E-state index < -0.39 is 0 Å². The number of oxazole rings is 1. The molecule has 0 unspecified atom stereocenters. The van der Waals surface area contributed by atoms with Crippen molar-refractivity contribution in [1.29, 1.82) is 0 Å². The maximum atomic E-state index is 12.4. The number of carbonyl (C=O) groups is 2. The number of rotatable bonds is 4. The molecule has 2 amide bonds. The fourth-order valence-electron chi connectivity index (χ4n) is 2.59. The lowest BCUT2D eigenvalue weighted by Crippen LogP contribution is -2.30. The summed E-state index contributed by atoms with van der Waals surface area (Å²) in [5.41, 5.74) is 1.07. The molecule has 1 aliphatic heterocycles. The van der Waals surface area contributed by atoms with Crippen LogP contribution in [-0.2, 0) is 22.6 Å². The number of carbonyl (C=O) groups excluding carboxylic acids is 2. The van der Waals surface area contributed by atoms with Gasteiger partial charge in [0, 0.05) is 6.42 Å². The Bertz CT molecular complexity index is 663. The van der Waals surface area contributed by atoms with E-state index in [1.54, 1.807) is 13.1 Å². The van der Waals surface area contributed by atoms with Gasteiger partial charge in [0.05, 0.1) is 12.1 Å². The summed E-state index contributed by atoms with van der Waals surface area (Å²) in [6.45, 7) is 1.90. The minimum Gasteiger partial charge on any atom is -0.444 e. The van der Waals surface area contributed by atoms with E-state index in [9.17, 15) is 9.59 Å². The van der Waals surface area contributed by atoms with Crippen LogP contribution in [0.5, 0.6) is 0 Å². The van der Waals surface area contributed by atoms with Gasteiger partial charge in [-0.2, -0.15) is 0 Å². The van der Waals surface area contributed by atoms with Gasteiger partial charge < -0.3 is 4.42 Å². The molecule has 1 aromatic heterocycles. The zero-order valence-corrected chi connectivity index (χ0v) is 11.8. The molecule has 108 valence electrons. The van der Waals surface area contributed by atoms with E-state index in [0.29, 0.717) is 18.1 Å². The molecule has 1 aliphatic rings. The molecule has 0 bridgehead atoms. The minimum atomic E-state index is -0.282. The van der Waals surface area contributed by atoms with Crippen molar-refractivity contribution in [3.63, 3.8) is 0 Å². The molecule has 0 saturated carbocycles. The number of hydrogen-bond acceptors (Lipinski definition) is 4. The maximum Gasteiger partial charge on any atom is 0.233 e. The van der Waals surface area contributed by atoms with Crippen LogP contribution in [0.1, 0.15) is 23.6 Å². The Morgan fingerprint density at radius 2 is 2.05 bits per heavy atom. The first kappa shape index (κ1) is 13.5. The van der Waals surface area contributed by atoms with Crippen LogP contribution in [0.4, 0.5) is 0 Å². The van der Waals surface area contributed by atoms with Crippen LogP contribution in [0, 0.1) is 12.8 Å².